The van der Waals surface area contributed by atoms with Crippen LogP contribution in [0.4, 0.5) is 5.69 Å². The first kappa shape index (κ1) is 15.1. The number of benzene rings is 2. The molecule has 0 atom stereocenters. The molecular weight excluding hydrogens is 262 g/mol. The number of aryl methyl sites for hydroxylation is 2. The Morgan fingerprint density at radius 2 is 1.67 bits per heavy atom. The number of para-hydroxylation sites is 2. The van der Waals surface area contributed by atoms with Crippen molar-refractivity contribution in [2.75, 3.05) is 5.32 Å². The maximum Gasteiger partial charge on any atom is 0.259 e. The average molecular weight is 283 g/mol. The molecule has 0 bridgehead atoms. The second-order valence-electron chi connectivity index (χ2n) is 5.62. The second kappa shape index (κ2) is 6.00. The lowest BCUT2D eigenvalue weighted by Gasteiger charge is -2.17. The van der Waals surface area contributed by atoms with Crippen molar-refractivity contribution in [3.63, 3.8) is 0 Å². The first-order valence-corrected chi connectivity index (χ1v) is 7.11. The largest absolute Gasteiger partial charge is 0.507 e. The van der Waals surface area contributed by atoms with Crippen LogP contribution in [0.5, 0.6) is 5.75 Å². The summed E-state index contributed by atoms with van der Waals surface area (Å²) in [5.41, 5.74) is 3.93. The van der Waals surface area contributed by atoms with E-state index >= 15 is 0 Å². The van der Waals surface area contributed by atoms with Crippen LogP contribution in [0.3, 0.4) is 0 Å². The minimum atomic E-state index is -0.285. The third kappa shape index (κ3) is 3.07. The number of carbonyl (C=O) groups excluding carboxylic acids is 1. The van der Waals surface area contributed by atoms with E-state index in [-0.39, 0.29) is 11.7 Å². The third-order valence-electron chi connectivity index (χ3n) is 3.65. The van der Waals surface area contributed by atoms with E-state index in [2.05, 4.69) is 19.2 Å². The molecule has 2 N–H and O–H groups in total. The molecule has 2 aromatic rings. The van der Waals surface area contributed by atoms with Crippen LogP contribution in [0, 0.1) is 13.8 Å². The second-order valence-corrected chi connectivity index (χ2v) is 5.62. The molecule has 0 saturated carbocycles. The molecule has 0 aliphatic heterocycles. The maximum absolute atomic E-state index is 12.4. The fraction of sp³-hybridized carbons (Fsp3) is 0.278. The molecule has 0 aliphatic carbocycles. The molecule has 0 aliphatic rings. The van der Waals surface area contributed by atoms with E-state index < -0.39 is 0 Å². The monoisotopic (exact) mass is 283 g/mol. The summed E-state index contributed by atoms with van der Waals surface area (Å²) in [6.45, 7) is 7.93. The molecule has 3 heteroatoms. The van der Waals surface area contributed by atoms with Crippen LogP contribution in [0.1, 0.15) is 46.8 Å². The van der Waals surface area contributed by atoms with Gasteiger partial charge in [-0.1, -0.05) is 44.2 Å². The van der Waals surface area contributed by atoms with E-state index in [4.69, 9.17) is 0 Å². The van der Waals surface area contributed by atoms with Crippen LogP contribution in [-0.4, -0.2) is 11.0 Å². The first-order valence-electron chi connectivity index (χ1n) is 7.11. The van der Waals surface area contributed by atoms with Gasteiger partial charge < -0.3 is 10.4 Å². The highest BCUT2D eigenvalue weighted by Crippen LogP contribution is 2.29. The van der Waals surface area contributed by atoms with Gasteiger partial charge in [0.25, 0.3) is 5.91 Å². The number of phenols is 1. The first-order chi connectivity index (χ1) is 9.91. The Balaban J connectivity index is 2.39. The van der Waals surface area contributed by atoms with Gasteiger partial charge in [-0.05, 0) is 42.5 Å². The van der Waals surface area contributed by atoms with E-state index in [0.29, 0.717) is 17.0 Å². The van der Waals surface area contributed by atoms with Crippen molar-refractivity contribution in [1.29, 1.82) is 0 Å². The van der Waals surface area contributed by atoms with Gasteiger partial charge in [-0.2, -0.15) is 0 Å². The van der Waals surface area contributed by atoms with Crippen LogP contribution in [0.25, 0.3) is 0 Å². The summed E-state index contributed by atoms with van der Waals surface area (Å²) in [4.78, 5) is 12.4. The lowest BCUT2D eigenvalue weighted by molar-refractivity contribution is 0.102. The van der Waals surface area contributed by atoms with Gasteiger partial charge in [0.2, 0.25) is 0 Å². The standard InChI is InChI=1S/C18H21NO2/c1-11(2)14-9-5-7-12(3)16(14)19-18(21)15-10-6-8-13(4)17(15)20/h5-11,20H,1-4H3,(H,19,21). The molecule has 2 aromatic carbocycles. The minimum Gasteiger partial charge on any atom is -0.507 e. The summed E-state index contributed by atoms with van der Waals surface area (Å²) in [5.74, 6) is 0.0633. The van der Waals surface area contributed by atoms with E-state index in [1.807, 2.05) is 25.1 Å². The van der Waals surface area contributed by atoms with E-state index in [1.54, 1.807) is 25.1 Å². The highest BCUT2D eigenvalue weighted by Gasteiger charge is 2.16. The van der Waals surface area contributed by atoms with Gasteiger partial charge in [-0.15, -0.1) is 0 Å². The highest BCUT2D eigenvalue weighted by molar-refractivity contribution is 6.07. The summed E-state index contributed by atoms with van der Waals surface area (Å²) < 4.78 is 0. The highest BCUT2D eigenvalue weighted by atomic mass is 16.3. The number of anilines is 1. The molecule has 2 rings (SSSR count). The molecule has 0 saturated heterocycles. The number of rotatable bonds is 3. The zero-order chi connectivity index (χ0) is 15.6. The Labute approximate surface area is 125 Å². The normalized spacial score (nSPS) is 10.7. The molecule has 1 amide bonds. The van der Waals surface area contributed by atoms with Crippen LogP contribution in [-0.2, 0) is 0 Å². The molecule has 0 heterocycles. The maximum atomic E-state index is 12.4. The number of nitrogens with one attached hydrogen (secondary N) is 1. The van der Waals surface area contributed by atoms with Crippen molar-refractivity contribution in [2.45, 2.75) is 33.6 Å². The van der Waals surface area contributed by atoms with E-state index in [0.717, 1.165) is 16.8 Å². The van der Waals surface area contributed by atoms with E-state index in [1.165, 1.54) is 0 Å². The molecule has 0 unspecified atom stereocenters. The van der Waals surface area contributed by atoms with Gasteiger partial charge in [0, 0.05) is 5.69 Å². The predicted octanol–water partition coefficient (Wildman–Crippen LogP) is 4.38. The van der Waals surface area contributed by atoms with Crippen molar-refractivity contribution >= 4 is 11.6 Å². The molecule has 0 spiro atoms. The SMILES string of the molecule is Cc1cccc(C(=O)Nc2c(C)cccc2C(C)C)c1O. The van der Waals surface area contributed by atoms with Crippen LogP contribution >= 0.6 is 0 Å². The van der Waals surface area contributed by atoms with Gasteiger partial charge in [-0.3, -0.25) is 4.79 Å². The molecule has 3 nitrogen and oxygen atoms in total. The summed E-state index contributed by atoms with van der Waals surface area (Å²) in [6, 6.07) is 11.2. The molecule has 0 fully saturated rings. The Kier molecular flexibility index (Phi) is 4.32. The van der Waals surface area contributed by atoms with Crippen molar-refractivity contribution in [3.05, 3.63) is 58.7 Å². The summed E-state index contributed by atoms with van der Waals surface area (Å²) in [5, 5.41) is 13.0. The zero-order valence-electron chi connectivity index (χ0n) is 12.9. The van der Waals surface area contributed by atoms with Gasteiger partial charge in [0.05, 0.1) is 5.56 Å². The molecule has 21 heavy (non-hydrogen) atoms. The summed E-state index contributed by atoms with van der Waals surface area (Å²) in [7, 11) is 0. The number of carbonyl (C=O) groups is 1. The number of amides is 1. The van der Waals surface area contributed by atoms with Crippen LogP contribution in [0.2, 0.25) is 0 Å². The van der Waals surface area contributed by atoms with Gasteiger partial charge in [0.15, 0.2) is 0 Å². The zero-order valence-corrected chi connectivity index (χ0v) is 12.9. The number of hydrogen-bond donors (Lipinski definition) is 2. The van der Waals surface area contributed by atoms with Gasteiger partial charge in [-0.25, -0.2) is 0 Å². The molecule has 110 valence electrons. The van der Waals surface area contributed by atoms with Crippen molar-refractivity contribution in [2.24, 2.45) is 0 Å². The number of phenolic OH excluding ortho intramolecular Hbond substituents is 1. The Hall–Kier alpha value is -2.29. The Morgan fingerprint density at radius 3 is 2.33 bits per heavy atom. The topological polar surface area (TPSA) is 49.3 Å². The van der Waals surface area contributed by atoms with Crippen molar-refractivity contribution < 1.29 is 9.90 Å². The number of aromatic hydroxyl groups is 1. The quantitative estimate of drug-likeness (QED) is 0.878. The third-order valence-corrected chi connectivity index (χ3v) is 3.65. The summed E-state index contributed by atoms with van der Waals surface area (Å²) >= 11 is 0. The Bertz CT molecular complexity index is 675. The smallest absolute Gasteiger partial charge is 0.259 e. The van der Waals surface area contributed by atoms with Gasteiger partial charge >= 0.3 is 0 Å². The fourth-order valence-corrected chi connectivity index (χ4v) is 2.37. The fourth-order valence-electron chi connectivity index (χ4n) is 2.37. The predicted molar refractivity (Wildman–Crippen MR) is 86.1 cm³/mol. The lowest BCUT2D eigenvalue weighted by Crippen LogP contribution is -2.15. The van der Waals surface area contributed by atoms with Crippen LogP contribution in [0.15, 0.2) is 36.4 Å². The van der Waals surface area contributed by atoms with E-state index in [9.17, 15) is 9.90 Å². The van der Waals surface area contributed by atoms with Crippen molar-refractivity contribution in [1.82, 2.24) is 0 Å². The van der Waals surface area contributed by atoms with Gasteiger partial charge in [0.1, 0.15) is 5.75 Å². The minimum absolute atomic E-state index is 0.0367. The average Bonchev–Trinajstić information content (AvgIpc) is 2.43. The summed E-state index contributed by atoms with van der Waals surface area (Å²) in [6.07, 6.45) is 0. The molecule has 0 aromatic heterocycles. The Morgan fingerprint density at radius 1 is 1.05 bits per heavy atom. The lowest BCUT2D eigenvalue weighted by atomic mass is 9.98. The molecule has 0 radical (unpaired) electrons. The molecular formula is C18H21NO2. The van der Waals surface area contributed by atoms with Crippen LogP contribution < -0.4 is 5.32 Å². The number of hydrogen-bond acceptors (Lipinski definition) is 2. The van der Waals surface area contributed by atoms with Crippen molar-refractivity contribution in [3.8, 4) is 5.75 Å².